The molecule has 1 aromatic rings. The largest absolute Gasteiger partial charge is 0.393 e. The summed E-state index contributed by atoms with van der Waals surface area (Å²) in [5.74, 6) is 0. The molecule has 0 aromatic carbocycles. The lowest BCUT2D eigenvalue weighted by Gasteiger charge is -2.12. The topological polar surface area (TPSA) is 113 Å². The highest BCUT2D eigenvalue weighted by Gasteiger charge is 2.11. The molecular formula is C10H18N4O4. The van der Waals surface area contributed by atoms with Gasteiger partial charge in [-0.25, -0.2) is 0 Å². The number of hydrogen-bond acceptors (Lipinski definition) is 6. The first-order valence-electron chi connectivity index (χ1n) is 5.72. The zero-order chi connectivity index (χ0) is 13.5. The van der Waals surface area contributed by atoms with Crippen molar-refractivity contribution in [2.24, 2.45) is 0 Å². The molecule has 3 N–H and O–H groups in total. The lowest BCUT2D eigenvalue weighted by Crippen LogP contribution is -2.31. The maximum absolute atomic E-state index is 10.4. The van der Waals surface area contributed by atoms with E-state index in [9.17, 15) is 15.2 Å². The van der Waals surface area contributed by atoms with Crippen molar-refractivity contribution in [2.75, 3.05) is 13.1 Å². The molecule has 0 fully saturated rings. The molecule has 8 nitrogen and oxygen atoms in total. The second-order valence-electron chi connectivity index (χ2n) is 4.17. The van der Waals surface area contributed by atoms with Crippen LogP contribution in [0.3, 0.4) is 0 Å². The summed E-state index contributed by atoms with van der Waals surface area (Å²) >= 11 is 0. The number of nitro groups is 1. The lowest BCUT2D eigenvalue weighted by molar-refractivity contribution is -0.385. The summed E-state index contributed by atoms with van der Waals surface area (Å²) in [6.45, 7) is 2.84. The molecule has 0 saturated carbocycles. The number of aliphatic hydroxyl groups excluding tert-OH is 2. The van der Waals surface area contributed by atoms with Gasteiger partial charge in [-0.15, -0.1) is 0 Å². The summed E-state index contributed by atoms with van der Waals surface area (Å²) in [4.78, 5) is 9.90. The van der Waals surface area contributed by atoms with Crippen LogP contribution in [0.2, 0.25) is 0 Å². The van der Waals surface area contributed by atoms with E-state index in [-0.39, 0.29) is 18.3 Å². The van der Waals surface area contributed by atoms with Crippen LogP contribution in [-0.4, -0.2) is 50.2 Å². The minimum Gasteiger partial charge on any atom is -0.393 e. The van der Waals surface area contributed by atoms with Gasteiger partial charge in [0.1, 0.15) is 12.4 Å². The van der Waals surface area contributed by atoms with E-state index in [4.69, 9.17) is 5.11 Å². The maximum Gasteiger partial charge on any atom is 0.306 e. The Hall–Kier alpha value is -1.51. The molecule has 1 aromatic heterocycles. The smallest absolute Gasteiger partial charge is 0.306 e. The van der Waals surface area contributed by atoms with Gasteiger partial charge in [-0.05, 0) is 19.9 Å². The van der Waals surface area contributed by atoms with E-state index in [0.717, 1.165) is 6.20 Å². The van der Waals surface area contributed by atoms with Crippen molar-refractivity contribution in [1.29, 1.82) is 0 Å². The van der Waals surface area contributed by atoms with Crippen molar-refractivity contribution in [3.8, 4) is 0 Å². The van der Waals surface area contributed by atoms with Crippen LogP contribution in [0, 0.1) is 10.1 Å². The second kappa shape index (κ2) is 7.04. The van der Waals surface area contributed by atoms with Crippen LogP contribution in [0.5, 0.6) is 0 Å². The van der Waals surface area contributed by atoms with Crippen LogP contribution in [0.4, 0.5) is 5.69 Å². The normalized spacial score (nSPS) is 14.4. The van der Waals surface area contributed by atoms with Gasteiger partial charge in [0.2, 0.25) is 0 Å². The Morgan fingerprint density at radius 1 is 1.61 bits per heavy atom. The Morgan fingerprint density at radius 2 is 2.33 bits per heavy atom. The SMILES string of the molecule is CC(O)CCNCC(O)Cn1cc([N+](=O)[O-])cn1. The Kier molecular flexibility index (Phi) is 5.69. The number of aromatic nitrogens is 2. The van der Waals surface area contributed by atoms with E-state index in [1.54, 1.807) is 6.92 Å². The molecule has 0 aliphatic heterocycles. The Labute approximate surface area is 104 Å². The standard InChI is InChI=1S/C10H18N4O4/c1-8(15)2-3-11-5-10(16)7-13-6-9(4-12-13)14(17)18/h4,6,8,10-11,15-16H,2-3,5,7H2,1H3. The lowest BCUT2D eigenvalue weighted by atomic mass is 10.3. The van der Waals surface area contributed by atoms with Gasteiger partial charge in [0.05, 0.1) is 23.7 Å². The molecule has 0 aliphatic rings. The molecule has 0 bridgehead atoms. The molecular weight excluding hydrogens is 240 g/mol. The van der Waals surface area contributed by atoms with Gasteiger partial charge in [-0.1, -0.05) is 0 Å². The van der Waals surface area contributed by atoms with E-state index in [1.165, 1.54) is 10.9 Å². The number of aliphatic hydroxyl groups is 2. The highest BCUT2D eigenvalue weighted by Crippen LogP contribution is 2.07. The summed E-state index contributed by atoms with van der Waals surface area (Å²) in [7, 11) is 0. The van der Waals surface area contributed by atoms with Gasteiger partial charge >= 0.3 is 5.69 Å². The van der Waals surface area contributed by atoms with E-state index < -0.39 is 11.0 Å². The molecule has 0 amide bonds. The van der Waals surface area contributed by atoms with Crippen molar-refractivity contribution in [2.45, 2.75) is 32.1 Å². The molecule has 2 atom stereocenters. The van der Waals surface area contributed by atoms with E-state index in [0.29, 0.717) is 19.5 Å². The van der Waals surface area contributed by atoms with Crippen LogP contribution < -0.4 is 5.32 Å². The predicted octanol–water partition coefficient (Wildman–Crippen LogP) is -0.487. The summed E-state index contributed by atoms with van der Waals surface area (Å²) in [5, 5.41) is 35.9. The number of hydrogen-bond donors (Lipinski definition) is 3. The van der Waals surface area contributed by atoms with Crippen LogP contribution in [0.1, 0.15) is 13.3 Å². The van der Waals surface area contributed by atoms with E-state index in [2.05, 4.69) is 10.4 Å². The van der Waals surface area contributed by atoms with E-state index >= 15 is 0 Å². The summed E-state index contributed by atoms with van der Waals surface area (Å²) in [5.41, 5.74) is -0.0933. The third kappa shape index (κ3) is 5.21. The summed E-state index contributed by atoms with van der Waals surface area (Å²) in [6, 6.07) is 0. The first kappa shape index (κ1) is 14.6. The first-order chi connectivity index (χ1) is 8.49. The molecule has 2 unspecified atom stereocenters. The van der Waals surface area contributed by atoms with Crippen molar-refractivity contribution in [3.05, 3.63) is 22.5 Å². The van der Waals surface area contributed by atoms with Gasteiger partial charge in [-0.2, -0.15) is 5.10 Å². The molecule has 18 heavy (non-hydrogen) atoms. The van der Waals surface area contributed by atoms with Crippen molar-refractivity contribution in [3.63, 3.8) is 0 Å². The molecule has 0 radical (unpaired) electrons. The molecule has 0 saturated heterocycles. The monoisotopic (exact) mass is 258 g/mol. The zero-order valence-corrected chi connectivity index (χ0v) is 10.2. The van der Waals surface area contributed by atoms with Crippen molar-refractivity contribution >= 4 is 5.69 Å². The van der Waals surface area contributed by atoms with Crippen LogP contribution in [-0.2, 0) is 6.54 Å². The Bertz CT molecular complexity index is 380. The van der Waals surface area contributed by atoms with Gasteiger partial charge in [0, 0.05) is 6.54 Å². The minimum atomic E-state index is -0.682. The highest BCUT2D eigenvalue weighted by atomic mass is 16.6. The van der Waals surface area contributed by atoms with Gasteiger partial charge in [0.15, 0.2) is 0 Å². The molecule has 1 rings (SSSR count). The first-order valence-corrected chi connectivity index (χ1v) is 5.72. The van der Waals surface area contributed by atoms with Crippen LogP contribution in [0.25, 0.3) is 0 Å². The summed E-state index contributed by atoms with van der Waals surface area (Å²) in [6.07, 6.45) is 1.98. The molecule has 102 valence electrons. The van der Waals surface area contributed by atoms with Gasteiger partial charge in [0.25, 0.3) is 0 Å². The average Bonchev–Trinajstić information content (AvgIpc) is 2.72. The minimum absolute atomic E-state index is 0.0933. The molecule has 0 spiro atoms. The fourth-order valence-corrected chi connectivity index (χ4v) is 1.41. The van der Waals surface area contributed by atoms with Crippen molar-refractivity contribution < 1.29 is 15.1 Å². The third-order valence-electron chi connectivity index (χ3n) is 2.35. The second-order valence-corrected chi connectivity index (χ2v) is 4.17. The average molecular weight is 258 g/mol. The number of rotatable bonds is 8. The Balaban J connectivity index is 2.26. The van der Waals surface area contributed by atoms with Crippen molar-refractivity contribution in [1.82, 2.24) is 15.1 Å². The molecule has 8 heteroatoms. The zero-order valence-electron chi connectivity index (χ0n) is 10.2. The van der Waals surface area contributed by atoms with E-state index in [1.807, 2.05) is 0 Å². The molecule has 0 aliphatic carbocycles. The van der Waals surface area contributed by atoms with Gasteiger partial charge < -0.3 is 15.5 Å². The van der Waals surface area contributed by atoms with Gasteiger partial charge in [-0.3, -0.25) is 14.8 Å². The number of nitrogens with zero attached hydrogens (tertiary/aromatic N) is 3. The quantitative estimate of drug-likeness (QED) is 0.329. The van der Waals surface area contributed by atoms with Crippen LogP contribution in [0.15, 0.2) is 12.4 Å². The fraction of sp³-hybridized carbons (Fsp3) is 0.700. The third-order valence-corrected chi connectivity index (χ3v) is 2.35. The van der Waals surface area contributed by atoms with Crippen LogP contribution >= 0.6 is 0 Å². The Morgan fingerprint density at radius 3 is 2.89 bits per heavy atom. The summed E-state index contributed by atoms with van der Waals surface area (Å²) < 4.78 is 1.33. The number of nitrogens with one attached hydrogen (secondary N) is 1. The molecule has 1 heterocycles. The fourth-order valence-electron chi connectivity index (χ4n) is 1.41. The maximum atomic E-state index is 10.4. The predicted molar refractivity (Wildman–Crippen MR) is 64.1 cm³/mol. The highest BCUT2D eigenvalue weighted by molar-refractivity contribution is 5.20.